The quantitative estimate of drug-likeness (QED) is 0.866. The van der Waals surface area contributed by atoms with Crippen molar-refractivity contribution in [1.82, 2.24) is 5.32 Å². The Kier molecular flexibility index (Phi) is 4.55. The molecule has 18 heavy (non-hydrogen) atoms. The van der Waals surface area contributed by atoms with E-state index in [2.05, 4.69) is 12.2 Å². The molecule has 1 aliphatic rings. The molecule has 0 saturated carbocycles. The van der Waals surface area contributed by atoms with Crippen LogP contribution in [0.4, 0.5) is 4.39 Å². The number of halogens is 1. The van der Waals surface area contributed by atoms with Gasteiger partial charge in [-0.25, -0.2) is 4.39 Å². The predicted molar refractivity (Wildman–Crippen MR) is 67.9 cm³/mol. The Balaban J connectivity index is 1.84. The van der Waals surface area contributed by atoms with Crippen molar-refractivity contribution in [3.63, 3.8) is 0 Å². The molecular formula is C14H20FNO2. The first-order valence-corrected chi connectivity index (χ1v) is 6.45. The molecule has 1 aromatic rings. The molecule has 0 radical (unpaired) electrons. The Morgan fingerprint density at radius 2 is 2.17 bits per heavy atom. The van der Waals surface area contributed by atoms with E-state index >= 15 is 0 Å². The van der Waals surface area contributed by atoms with Crippen LogP contribution in [0.15, 0.2) is 18.2 Å². The van der Waals surface area contributed by atoms with Crippen molar-refractivity contribution in [2.75, 3.05) is 13.2 Å². The van der Waals surface area contributed by atoms with Gasteiger partial charge in [0.05, 0.1) is 0 Å². The number of phenolic OH excluding ortho intramolecular Hbond substituents is 1. The van der Waals surface area contributed by atoms with Crippen LogP contribution in [0.2, 0.25) is 0 Å². The number of nitrogens with one attached hydrogen (secondary N) is 1. The summed E-state index contributed by atoms with van der Waals surface area (Å²) in [6, 6.07) is 4.90. The Labute approximate surface area is 107 Å². The Morgan fingerprint density at radius 3 is 2.83 bits per heavy atom. The number of ether oxygens (including phenoxy) is 1. The summed E-state index contributed by atoms with van der Waals surface area (Å²) in [6.07, 6.45) is 2.16. The second-order valence-electron chi connectivity index (χ2n) is 4.91. The van der Waals surface area contributed by atoms with Gasteiger partial charge < -0.3 is 15.2 Å². The maximum absolute atomic E-state index is 13.2. The number of hydrogen-bond donors (Lipinski definition) is 2. The highest BCUT2D eigenvalue weighted by atomic mass is 19.1. The third kappa shape index (κ3) is 3.43. The summed E-state index contributed by atoms with van der Waals surface area (Å²) >= 11 is 0. The van der Waals surface area contributed by atoms with Crippen molar-refractivity contribution in [2.45, 2.75) is 32.4 Å². The largest absolute Gasteiger partial charge is 0.505 e. The van der Waals surface area contributed by atoms with E-state index in [1.54, 1.807) is 6.07 Å². The zero-order valence-corrected chi connectivity index (χ0v) is 10.7. The van der Waals surface area contributed by atoms with Gasteiger partial charge in [0, 0.05) is 25.8 Å². The average molecular weight is 253 g/mol. The summed E-state index contributed by atoms with van der Waals surface area (Å²) in [7, 11) is 0. The first-order chi connectivity index (χ1) is 8.66. The second-order valence-corrected chi connectivity index (χ2v) is 4.91. The molecule has 4 heteroatoms. The fourth-order valence-electron chi connectivity index (χ4n) is 2.32. The lowest BCUT2D eigenvalue weighted by atomic mass is 9.93. The first-order valence-electron chi connectivity index (χ1n) is 6.45. The minimum atomic E-state index is -0.562. The van der Waals surface area contributed by atoms with E-state index in [0.29, 0.717) is 18.5 Å². The van der Waals surface area contributed by atoms with Gasteiger partial charge in [0.2, 0.25) is 0 Å². The minimum absolute atomic E-state index is 0.295. The highest BCUT2D eigenvalue weighted by Crippen LogP contribution is 2.20. The molecule has 1 fully saturated rings. The van der Waals surface area contributed by atoms with Gasteiger partial charge in [-0.1, -0.05) is 6.07 Å². The lowest BCUT2D eigenvalue weighted by Crippen LogP contribution is -2.36. The van der Waals surface area contributed by atoms with E-state index < -0.39 is 5.82 Å². The molecular weight excluding hydrogens is 233 g/mol. The van der Waals surface area contributed by atoms with Crippen LogP contribution in [0, 0.1) is 11.7 Å². The van der Waals surface area contributed by atoms with E-state index in [9.17, 15) is 4.39 Å². The van der Waals surface area contributed by atoms with Gasteiger partial charge in [-0.05, 0) is 43.4 Å². The van der Waals surface area contributed by atoms with Crippen molar-refractivity contribution in [2.24, 2.45) is 5.92 Å². The molecule has 0 spiro atoms. The molecule has 100 valence electrons. The van der Waals surface area contributed by atoms with Crippen LogP contribution in [-0.4, -0.2) is 24.4 Å². The molecule has 1 aromatic carbocycles. The monoisotopic (exact) mass is 253 g/mol. The van der Waals surface area contributed by atoms with Gasteiger partial charge in [-0.3, -0.25) is 0 Å². The van der Waals surface area contributed by atoms with Gasteiger partial charge >= 0.3 is 0 Å². The molecule has 0 aromatic heterocycles. The Hall–Kier alpha value is -1.13. The van der Waals surface area contributed by atoms with E-state index in [-0.39, 0.29) is 5.75 Å². The second kappa shape index (κ2) is 6.16. The molecule has 1 heterocycles. The molecule has 0 amide bonds. The number of benzene rings is 1. The number of phenols is 1. The highest BCUT2D eigenvalue weighted by Gasteiger charge is 2.19. The van der Waals surface area contributed by atoms with Gasteiger partial charge in [0.25, 0.3) is 0 Å². The molecule has 0 aliphatic carbocycles. The van der Waals surface area contributed by atoms with E-state index in [0.717, 1.165) is 31.6 Å². The maximum Gasteiger partial charge on any atom is 0.165 e. The standard InChI is InChI=1S/C14H20FNO2/c1-10(12-4-6-18-7-5-12)16-9-11-2-3-14(17)13(15)8-11/h2-3,8,10,12,16-17H,4-7,9H2,1H3. The maximum atomic E-state index is 13.2. The van der Waals surface area contributed by atoms with Crippen molar-refractivity contribution < 1.29 is 14.2 Å². The lowest BCUT2D eigenvalue weighted by Gasteiger charge is -2.28. The van der Waals surface area contributed by atoms with Gasteiger partial charge in [-0.2, -0.15) is 0 Å². The summed E-state index contributed by atoms with van der Waals surface area (Å²) < 4.78 is 18.5. The van der Waals surface area contributed by atoms with Crippen LogP contribution < -0.4 is 5.32 Å². The summed E-state index contributed by atoms with van der Waals surface area (Å²) in [4.78, 5) is 0. The Morgan fingerprint density at radius 1 is 1.44 bits per heavy atom. The van der Waals surface area contributed by atoms with Crippen molar-refractivity contribution >= 4 is 0 Å². The van der Waals surface area contributed by atoms with Crippen molar-refractivity contribution in [3.8, 4) is 5.75 Å². The molecule has 1 atom stereocenters. The summed E-state index contributed by atoms with van der Waals surface area (Å²) in [5.41, 5.74) is 0.851. The van der Waals surface area contributed by atoms with Crippen LogP contribution >= 0.6 is 0 Å². The summed E-state index contributed by atoms with van der Waals surface area (Å²) in [6.45, 7) is 4.46. The summed E-state index contributed by atoms with van der Waals surface area (Å²) in [5.74, 6) is -0.232. The molecule has 2 N–H and O–H groups in total. The van der Waals surface area contributed by atoms with Crippen LogP contribution in [0.5, 0.6) is 5.75 Å². The van der Waals surface area contributed by atoms with E-state index in [4.69, 9.17) is 9.84 Å². The predicted octanol–water partition coefficient (Wildman–Crippen LogP) is 2.44. The molecule has 3 nitrogen and oxygen atoms in total. The minimum Gasteiger partial charge on any atom is -0.505 e. The molecule has 1 saturated heterocycles. The van der Waals surface area contributed by atoms with Gasteiger partial charge in [0.1, 0.15) is 0 Å². The average Bonchev–Trinajstić information content (AvgIpc) is 2.41. The smallest absolute Gasteiger partial charge is 0.165 e. The van der Waals surface area contributed by atoms with Crippen LogP contribution in [0.1, 0.15) is 25.3 Å². The Bertz CT molecular complexity index is 391. The fourth-order valence-corrected chi connectivity index (χ4v) is 2.32. The van der Waals surface area contributed by atoms with Crippen LogP contribution in [0.3, 0.4) is 0 Å². The normalized spacial score (nSPS) is 18.8. The first kappa shape index (κ1) is 13.3. The van der Waals surface area contributed by atoms with E-state index in [1.165, 1.54) is 12.1 Å². The molecule has 1 aliphatic heterocycles. The van der Waals surface area contributed by atoms with E-state index in [1.807, 2.05) is 0 Å². The molecule has 0 bridgehead atoms. The van der Waals surface area contributed by atoms with Crippen LogP contribution in [0.25, 0.3) is 0 Å². The molecule has 1 unspecified atom stereocenters. The fraction of sp³-hybridized carbons (Fsp3) is 0.571. The van der Waals surface area contributed by atoms with Crippen molar-refractivity contribution in [1.29, 1.82) is 0 Å². The third-order valence-corrected chi connectivity index (χ3v) is 3.61. The van der Waals surface area contributed by atoms with Gasteiger partial charge in [-0.15, -0.1) is 0 Å². The SMILES string of the molecule is CC(NCc1ccc(O)c(F)c1)C1CCOCC1. The summed E-state index contributed by atoms with van der Waals surface area (Å²) in [5, 5.41) is 12.5. The highest BCUT2D eigenvalue weighted by molar-refractivity contribution is 5.27. The lowest BCUT2D eigenvalue weighted by molar-refractivity contribution is 0.0558. The van der Waals surface area contributed by atoms with Crippen molar-refractivity contribution in [3.05, 3.63) is 29.6 Å². The van der Waals surface area contributed by atoms with Crippen LogP contribution in [-0.2, 0) is 11.3 Å². The number of aromatic hydroxyl groups is 1. The third-order valence-electron chi connectivity index (χ3n) is 3.61. The zero-order chi connectivity index (χ0) is 13.0. The number of rotatable bonds is 4. The zero-order valence-electron chi connectivity index (χ0n) is 10.7. The molecule has 2 rings (SSSR count). The van der Waals surface area contributed by atoms with Gasteiger partial charge in [0.15, 0.2) is 11.6 Å². The topological polar surface area (TPSA) is 41.5 Å². The number of hydrogen-bond acceptors (Lipinski definition) is 3.